The van der Waals surface area contributed by atoms with E-state index in [1.54, 1.807) is 6.07 Å². The lowest BCUT2D eigenvalue weighted by Gasteiger charge is -2.11. The summed E-state index contributed by atoms with van der Waals surface area (Å²) >= 11 is 5.49. The van der Waals surface area contributed by atoms with E-state index in [9.17, 15) is 18.0 Å². The van der Waals surface area contributed by atoms with E-state index in [0.717, 1.165) is 18.3 Å². The number of nitrogens with zero attached hydrogens (tertiary/aromatic N) is 2. The fourth-order valence-electron chi connectivity index (χ4n) is 1.62. The van der Waals surface area contributed by atoms with E-state index in [0.29, 0.717) is 0 Å². The van der Waals surface area contributed by atoms with Gasteiger partial charge in [-0.2, -0.15) is 18.4 Å². The van der Waals surface area contributed by atoms with Gasteiger partial charge in [0.2, 0.25) is 0 Å². The summed E-state index contributed by atoms with van der Waals surface area (Å²) in [5, 5.41) is 10.5. The predicted molar refractivity (Wildman–Crippen MR) is 73.4 cm³/mol. The number of rotatable bonds is 2. The number of carbonyl (C=O) groups excluding carboxylic acids is 1. The SMILES string of the molecule is N#Cc1ccc(C(=O)Nc2ccc(Cl)c(C(F)(F)F)c2)cn1. The molecule has 1 N–H and O–H groups in total. The summed E-state index contributed by atoms with van der Waals surface area (Å²) < 4.78 is 38.2. The first-order valence-corrected chi connectivity index (χ1v) is 6.23. The van der Waals surface area contributed by atoms with Gasteiger partial charge in [-0.15, -0.1) is 0 Å². The van der Waals surface area contributed by atoms with Gasteiger partial charge < -0.3 is 5.32 Å². The van der Waals surface area contributed by atoms with Crippen LogP contribution in [0.2, 0.25) is 5.02 Å². The third-order valence-electron chi connectivity index (χ3n) is 2.67. The molecule has 1 amide bonds. The Bertz CT molecular complexity index is 751. The van der Waals surface area contributed by atoms with Gasteiger partial charge in [-0.3, -0.25) is 4.79 Å². The molecule has 0 fully saturated rings. The second-order valence-electron chi connectivity index (χ2n) is 4.19. The predicted octanol–water partition coefficient (Wildman–Crippen LogP) is 3.88. The van der Waals surface area contributed by atoms with E-state index >= 15 is 0 Å². The number of alkyl halides is 3. The molecule has 22 heavy (non-hydrogen) atoms. The summed E-state index contributed by atoms with van der Waals surface area (Å²) in [7, 11) is 0. The van der Waals surface area contributed by atoms with Crippen molar-refractivity contribution in [2.24, 2.45) is 0 Å². The molecule has 112 valence electrons. The van der Waals surface area contributed by atoms with Crippen LogP contribution in [0.5, 0.6) is 0 Å². The number of amides is 1. The van der Waals surface area contributed by atoms with Crippen LogP contribution in [0.15, 0.2) is 36.5 Å². The molecule has 1 heterocycles. The van der Waals surface area contributed by atoms with Gasteiger partial charge in [0.25, 0.3) is 5.91 Å². The fraction of sp³-hybridized carbons (Fsp3) is 0.0714. The van der Waals surface area contributed by atoms with E-state index in [1.165, 1.54) is 18.2 Å². The average Bonchev–Trinajstić information content (AvgIpc) is 2.48. The monoisotopic (exact) mass is 325 g/mol. The Kier molecular flexibility index (Phi) is 4.33. The maximum atomic E-state index is 12.7. The Balaban J connectivity index is 2.23. The second kappa shape index (κ2) is 6.03. The zero-order chi connectivity index (χ0) is 16.3. The lowest BCUT2D eigenvalue weighted by molar-refractivity contribution is -0.137. The van der Waals surface area contributed by atoms with E-state index in [1.807, 2.05) is 0 Å². The Morgan fingerprint density at radius 1 is 1.27 bits per heavy atom. The summed E-state index contributed by atoms with van der Waals surface area (Å²) in [4.78, 5) is 15.6. The minimum absolute atomic E-state index is 0.0499. The number of nitriles is 1. The molecule has 2 aromatic rings. The fourth-order valence-corrected chi connectivity index (χ4v) is 1.84. The van der Waals surface area contributed by atoms with Gasteiger partial charge in [0.1, 0.15) is 11.8 Å². The number of anilines is 1. The van der Waals surface area contributed by atoms with Crippen LogP contribution in [0, 0.1) is 11.3 Å². The first-order chi connectivity index (χ1) is 10.3. The number of hydrogen-bond acceptors (Lipinski definition) is 3. The first-order valence-electron chi connectivity index (χ1n) is 5.85. The van der Waals surface area contributed by atoms with Crippen LogP contribution in [0.3, 0.4) is 0 Å². The minimum atomic E-state index is -4.62. The summed E-state index contributed by atoms with van der Waals surface area (Å²) in [5.41, 5.74) is -0.846. The van der Waals surface area contributed by atoms with Crippen molar-refractivity contribution in [2.45, 2.75) is 6.18 Å². The zero-order valence-electron chi connectivity index (χ0n) is 10.8. The van der Waals surface area contributed by atoms with Crippen LogP contribution in [0.25, 0.3) is 0 Å². The molecule has 0 unspecified atom stereocenters. The van der Waals surface area contributed by atoms with Gasteiger partial charge in [0, 0.05) is 11.9 Å². The average molecular weight is 326 g/mol. The smallest absolute Gasteiger partial charge is 0.322 e. The topological polar surface area (TPSA) is 65.8 Å². The standard InChI is InChI=1S/C14H7ClF3N3O/c15-12-4-3-9(5-11(12)14(16,17)18)21-13(22)8-1-2-10(6-19)20-7-8/h1-5,7H,(H,21,22). The van der Waals surface area contributed by atoms with Crippen LogP contribution in [-0.4, -0.2) is 10.9 Å². The number of pyridine rings is 1. The Morgan fingerprint density at radius 2 is 2.00 bits per heavy atom. The van der Waals surface area contributed by atoms with Crippen LogP contribution in [0.4, 0.5) is 18.9 Å². The number of aromatic nitrogens is 1. The summed E-state index contributed by atoms with van der Waals surface area (Å²) in [5.74, 6) is -0.646. The highest BCUT2D eigenvalue weighted by molar-refractivity contribution is 6.31. The summed E-state index contributed by atoms with van der Waals surface area (Å²) in [6.45, 7) is 0. The van der Waals surface area contributed by atoms with E-state index in [-0.39, 0.29) is 16.9 Å². The zero-order valence-corrected chi connectivity index (χ0v) is 11.5. The number of nitrogens with one attached hydrogen (secondary N) is 1. The number of benzene rings is 1. The van der Waals surface area contributed by atoms with Crippen molar-refractivity contribution >= 4 is 23.2 Å². The highest BCUT2D eigenvalue weighted by Gasteiger charge is 2.33. The van der Waals surface area contributed by atoms with Gasteiger partial charge in [0.15, 0.2) is 0 Å². The molecular formula is C14H7ClF3N3O. The molecule has 0 saturated heterocycles. The van der Waals surface area contributed by atoms with Crippen LogP contribution >= 0.6 is 11.6 Å². The van der Waals surface area contributed by atoms with Gasteiger partial charge in [-0.1, -0.05) is 11.6 Å². The molecule has 0 saturated carbocycles. The third kappa shape index (κ3) is 3.54. The van der Waals surface area contributed by atoms with Crippen molar-refractivity contribution in [3.8, 4) is 6.07 Å². The third-order valence-corrected chi connectivity index (χ3v) is 3.00. The van der Waals surface area contributed by atoms with Crippen molar-refractivity contribution in [3.63, 3.8) is 0 Å². The molecule has 0 aliphatic rings. The molecule has 0 atom stereocenters. The molecule has 2 rings (SSSR count). The highest BCUT2D eigenvalue weighted by Crippen LogP contribution is 2.36. The molecule has 0 aliphatic heterocycles. The van der Waals surface area contributed by atoms with Gasteiger partial charge in [0.05, 0.1) is 16.1 Å². The van der Waals surface area contributed by atoms with Crippen LogP contribution in [-0.2, 0) is 6.18 Å². The lowest BCUT2D eigenvalue weighted by atomic mass is 10.1. The van der Waals surface area contributed by atoms with Crippen molar-refractivity contribution < 1.29 is 18.0 Å². The maximum Gasteiger partial charge on any atom is 0.417 e. The normalized spacial score (nSPS) is 10.9. The van der Waals surface area contributed by atoms with Crippen molar-refractivity contribution in [1.29, 1.82) is 5.26 Å². The van der Waals surface area contributed by atoms with Gasteiger partial charge in [-0.05, 0) is 30.3 Å². The number of carbonyl (C=O) groups is 1. The van der Waals surface area contributed by atoms with Crippen LogP contribution < -0.4 is 5.32 Å². The van der Waals surface area contributed by atoms with E-state index in [4.69, 9.17) is 16.9 Å². The maximum absolute atomic E-state index is 12.7. The molecule has 0 aliphatic carbocycles. The molecule has 0 radical (unpaired) electrons. The largest absolute Gasteiger partial charge is 0.417 e. The van der Waals surface area contributed by atoms with Gasteiger partial charge in [-0.25, -0.2) is 4.98 Å². The molecular weight excluding hydrogens is 319 g/mol. The second-order valence-corrected chi connectivity index (χ2v) is 4.60. The van der Waals surface area contributed by atoms with Crippen molar-refractivity contribution in [1.82, 2.24) is 4.98 Å². The Labute approximate surface area is 128 Å². The molecule has 0 bridgehead atoms. The van der Waals surface area contributed by atoms with Crippen molar-refractivity contribution in [3.05, 3.63) is 58.4 Å². The first kappa shape index (κ1) is 15.8. The van der Waals surface area contributed by atoms with Gasteiger partial charge >= 0.3 is 6.18 Å². The van der Waals surface area contributed by atoms with E-state index < -0.39 is 22.7 Å². The highest BCUT2D eigenvalue weighted by atomic mass is 35.5. The quantitative estimate of drug-likeness (QED) is 0.911. The minimum Gasteiger partial charge on any atom is -0.322 e. The molecule has 8 heteroatoms. The molecule has 0 spiro atoms. The number of hydrogen-bond donors (Lipinski definition) is 1. The Hall–Kier alpha value is -2.59. The summed E-state index contributed by atoms with van der Waals surface area (Å²) in [6, 6.07) is 7.53. The molecule has 1 aromatic heterocycles. The van der Waals surface area contributed by atoms with Crippen LogP contribution in [0.1, 0.15) is 21.6 Å². The Morgan fingerprint density at radius 3 is 2.55 bits per heavy atom. The number of halogens is 4. The lowest BCUT2D eigenvalue weighted by Crippen LogP contribution is -2.13. The summed E-state index contributed by atoms with van der Waals surface area (Å²) in [6.07, 6.45) is -3.46. The molecule has 1 aromatic carbocycles. The van der Waals surface area contributed by atoms with Crippen molar-refractivity contribution in [2.75, 3.05) is 5.32 Å². The van der Waals surface area contributed by atoms with E-state index in [2.05, 4.69) is 10.3 Å². The molecule has 4 nitrogen and oxygen atoms in total.